The molecule has 3 amide bonds. The number of carbonyl (C=O) groups is 3. The van der Waals surface area contributed by atoms with E-state index in [2.05, 4.69) is 15.6 Å². The number of amides is 3. The molecule has 2 fully saturated rings. The van der Waals surface area contributed by atoms with E-state index in [1.807, 2.05) is 25.1 Å². The topological polar surface area (TPSA) is 147 Å². The Morgan fingerprint density at radius 3 is 2.59 bits per heavy atom. The smallest absolute Gasteiger partial charge is 0.258 e. The molecule has 1 saturated carbocycles. The molecule has 0 bridgehead atoms. The molecule has 3 atom stereocenters. The molecule has 10 nitrogen and oxygen atoms in total. The monoisotopic (exact) mass is 631 g/mol. The highest BCUT2D eigenvalue weighted by Crippen LogP contribution is 2.40. The van der Waals surface area contributed by atoms with E-state index in [0.717, 1.165) is 47.4 Å². The summed E-state index contributed by atoms with van der Waals surface area (Å²) in [6.07, 6.45) is 3.32. The highest BCUT2D eigenvalue weighted by molar-refractivity contribution is 7.13. The largest absolute Gasteiger partial charge is 0.493 e. The summed E-state index contributed by atoms with van der Waals surface area (Å²) in [4.78, 5) is 46.4. The number of halogens is 1. The Kier molecular flexibility index (Phi) is 11.0. The molecule has 242 valence electrons. The highest BCUT2D eigenvalue weighted by atomic mass is 32.1. The standard InChI is InChI=1S/C32H46FN5O5S/c1-20-26(44-19-36-20)21-9-10-22(25(15-21)43-14-8-6-5-7-13-34)17-35-28(40)24-16-23(39)18-38(24)29(41)27(31(2,3)4)37-30(42)32(33)11-12-32/h9-10,15,19,23-24,27,39H,5-8,11-14,16-18,34H2,1-4H3,(H,35,40)(H,37,42)/t23-,24+,27-/m1/s1. The van der Waals surface area contributed by atoms with Crippen molar-refractivity contribution in [3.63, 3.8) is 0 Å². The number of β-amino-alcohol motifs (C(OH)–C–C–N with tert-alkyl or cyclic N) is 1. The molecule has 5 N–H and O–H groups in total. The van der Waals surface area contributed by atoms with Gasteiger partial charge in [-0.25, -0.2) is 9.37 Å². The van der Waals surface area contributed by atoms with E-state index in [1.165, 1.54) is 4.90 Å². The maximum atomic E-state index is 14.5. The number of aliphatic hydroxyl groups excluding tert-OH is 1. The zero-order valence-corrected chi connectivity index (χ0v) is 27.0. The van der Waals surface area contributed by atoms with Crippen molar-refractivity contribution >= 4 is 29.1 Å². The lowest BCUT2D eigenvalue weighted by atomic mass is 9.85. The normalized spacial score (nSPS) is 19.8. The van der Waals surface area contributed by atoms with Crippen LogP contribution in [0.5, 0.6) is 5.75 Å². The third-order valence-corrected chi connectivity index (χ3v) is 9.21. The van der Waals surface area contributed by atoms with E-state index in [-0.39, 0.29) is 32.4 Å². The summed E-state index contributed by atoms with van der Waals surface area (Å²) < 4.78 is 20.7. The number of unbranched alkanes of at least 4 members (excludes halogenated alkanes) is 3. The zero-order valence-electron chi connectivity index (χ0n) is 26.2. The van der Waals surface area contributed by atoms with E-state index >= 15 is 0 Å². The number of rotatable bonds is 14. The van der Waals surface area contributed by atoms with Gasteiger partial charge >= 0.3 is 0 Å². The Hall–Kier alpha value is -3.09. The van der Waals surface area contributed by atoms with Gasteiger partial charge in [0.25, 0.3) is 5.91 Å². The third kappa shape index (κ3) is 8.33. The average molecular weight is 632 g/mol. The van der Waals surface area contributed by atoms with Crippen LogP contribution in [0.4, 0.5) is 4.39 Å². The number of nitrogens with one attached hydrogen (secondary N) is 2. The van der Waals surface area contributed by atoms with Gasteiger partial charge in [0, 0.05) is 25.1 Å². The molecular weight excluding hydrogens is 585 g/mol. The van der Waals surface area contributed by atoms with Crippen LogP contribution in [0.15, 0.2) is 23.7 Å². The molecule has 2 heterocycles. The number of ether oxygens (including phenoxy) is 1. The van der Waals surface area contributed by atoms with Crippen LogP contribution in [0.2, 0.25) is 0 Å². The summed E-state index contributed by atoms with van der Waals surface area (Å²) >= 11 is 1.55. The van der Waals surface area contributed by atoms with Gasteiger partial charge in [0.05, 0.1) is 28.8 Å². The second kappa shape index (κ2) is 14.3. The molecule has 2 aromatic rings. The summed E-state index contributed by atoms with van der Waals surface area (Å²) in [5.74, 6) is -1.09. The van der Waals surface area contributed by atoms with Crippen LogP contribution in [-0.2, 0) is 20.9 Å². The Bertz CT molecular complexity index is 1320. The van der Waals surface area contributed by atoms with Crippen molar-refractivity contribution in [2.24, 2.45) is 11.1 Å². The van der Waals surface area contributed by atoms with Gasteiger partial charge < -0.3 is 31.1 Å². The van der Waals surface area contributed by atoms with Crippen molar-refractivity contribution < 1.29 is 28.6 Å². The van der Waals surface area contributed by atoms with Gasteiger partial charge in [-0.2, -0.15) is 0 Å². The number of thiazole rings is 1. The summed E-state index contributed by atoms with van der Waals surface area (Å²) in [5.41, 5.74) is 7.40. The van der Waals surface area contributed by atoms with Crippen LogP contribution in [0.3, 0.4) is 0 Å². The maximum absolute atomic E-state index is 14.5. The van der Waals surface area contributed by atoms with E-state index < -0.39 is 47.0 Å². The molecule has 0 spiro atoms. The van der Waals surface area contributed by atoms with Crippen molar-refractivity contribution in [1.82, 2.24) is 20.5 Å². The summed E-state index contributed by atoms with van der Waals surface area (Å²) in [5, 5.41) is 16.0. The molecule has 1 aromatic carbocycles. The number of aromatic nitrogens is 1. The number of nitrogens with zero attached hydrogens (tertiary/aromatic N) is 2. The average Bonchev–Trinajstić information content (AvgIpc) is 3.38. The lowest BCUT2D eigenvalue weighted by molar-refractivity contribution is -0.145. The second-order valence-electron chi connectivity index (χ2n) is 13.0. The predicted molar refractivity (Wildman–Crippen MR) is 168 cm³/mol. The van der Waals surface area contributed by atoms with Crippen molar-refractivity contribution in [3.05, 3.63) is 35.0 Å². The molecule has 1 aliphatic heterocycles. The fraction of sp³-hybridized carbons (Fsp3) is 0.625. The molecule has 1 saturated heterocycles. The van der Waals surface area contributed by atoms with Gasteiger partial charge in [-0.15, -0.1) is 11.3 Å². The lowest BCUT2D eigenvalue weighted by Crippen LogP contribution is -2.59. The fourth-order valence-corrected chi connectivity index (χ4v) is 6.16. The van der Waals surface area contributed by atoms with E-state index in [9.17, 15) is 23.9 Å². The quantitative estimate of drug-likeness (QED) is 0.233. The lowest BCUT2D eigenvalue weighted by Gasteiger charge is -2.35. The van der Waals surface area contributed by atoms with E-state index in [0.29, 0.717) is 18.9 Å². The number of nitrogens with two attached hydrogens (primary N) is 1. The maximum Gasteiger partial charge on any atom is 0.258 e. The number of benzene rings is 1. The minimum Gasteiger partial charge on any atom is -0.493 e. The molecule has 4 rings (SSSR count). The zero-order chi connectivity index (χ0) is 32.1. The second-order valence-corrected chi connectivity index (χ2v) is 13.8. The Balaban J connectivity index is 1.46. The van der Waals surface area contributed by atoms with Crippen LogP contribution in [0.25, 0.3) is 10.4 Å². The first-order valence-electron chi connectivity index (χ1n) is 15.5. The summed E-state index contributed by atoms with van der Waals surface area (Å²) in [6.45, 7) is 8.56. The van der Waals surface area contributed by atoms with E-state index in [4.69, 9.17) is 10.5 Å². The molecular formula is C32H46FN5O5S. The number of alkyl halides is 1. The Morgan fingerprint density at radius 2 is 1.95 bits per heavy atom. The number of likely N-dealkylation sites (tertiary alicyclic amines) is 1. The molecule has 1 aromatic heterocycles. The predicted octanol–water partition coefficient (Wildman–Crippen LogP) is 3.63. The molecule has 0 radical (unpaired) electrons. The first-order chi connectivity index (χ1) is 20.8. The SMILES string of the molecule is Cc1ncsc1-c1ccc(CNC(=O)[C@@H]2C[C@@H](O)CN2C(=O)[C@@H](NC(=O)C2(F)CC2)C(C)(C)C)c(OCCCCCCN)c1. The first kappa shape index (κ1) is 33.8. The van der Waals surface area contributed by atoms with Crippen LogP contribution >= 0.6 is 11.3 Å². The van der Waals surface area contributed by atoms with E-state index in [1.54, 1.807) is 37.6 Å². The van der Waals surface area contributed by atoms with Gasteiger partial charge in [0.1, 0.15) is 17.8 Å². The summed E-state index contributed by atoms with van der Waals surface area (Å²) in [7, 11) is 0. The number of hydrogen-bond acceptors (Lipinski definition) is 8. The van der Waals surface area contributed by atoms with Crippen LogP contribution in [-0.4, -0.2) is 76.3 Å². The van der Waals surface area contributed by atoms with Crippen LogP contribution < -0.4 is 21.1 Å². The first-order valence-corrected chi connectivity index (χ1v) is 16.3. The van der Waals surface area contributed by atoms with Gasteiger partial charge in [-0.3, -0.25) is 14.4 Å². The molecule has 0 unspecified atom stereocenters. The number of aliphatic hydroxyl groups is 1. The number of hydrogen-bond donors (Lipinski definition) is 4. The van der Waals surface area contributed by atoms with Crippen molar-refractivity contribution in [2.45, 2.75) is 103 Å². The van der Waals surface area contributed by atoms with Gasteiger partial charge in [-0.1, -0.05) is 45.7 Å². The van der Waals surface area contributed by atoms with Gasteiger partial charge in [0.15, 0.2) is 5.67 Å². The minimum absolute atomic E-state index is 0.0540. The highest BCUT2D eigenvalue weighted by Gasteiger charge is 2.53. The molecule has 2 aliphatic rings. The Labute approximate surface area is 262 Å². The molecule has 12 heteroatoms. The number of aryl methyl sites for hydroxylation is 1. The van der Waals surface area contributed by atoms with Gasteiger partial charge in [0.2, 0.25) is 11.8 Å². The number of carbonyl (C=O) groups excluding carboxylic acids is 3. The minimum atomic E-state index is -1.94. The summed E-state index contributed by atoms with van der Waals surface area (Å²) in [6, 6.07) is 3.85. The van der Waals surface area contributed by atoms with Crippen LogP contribution in [0, 0.1) is 12.3 Å². The van der Waals surface area contributed by atoms with Crippen molar-refractivity contribution in [1.29, 1.82) is 0 Å². The molecule has 44 heavy (non-hydrogen) atoms. The Morgan fingerprint density at radius 1 is 1.23 bits per heavy atom. The third-order valence-electron chi connectivity index (χ3n) is 8.23. The van der Waals surface area contributed by atoms with Gasteiger partial charge in [-0.05, 0) is 56.2 Å². The van der Waals surface area contributed by atoms with Crippen molar-refractivity contribution in [2.75, 3.05) is 19.7 Å². The fourth-order valence-electron chi connectivity index (χ4n) is 5.36. The van der Waals surface area contributed by atoms with Crippen molar-refractivity contribution in [3.8, 4) is 16.2 Å². The molecule has 1 aliphatic carbocycles. The van der Waals surface area contributed by atoms with Crippen LogP contribution in [0.1, 0.15) is 77.0 Å².